The number of methoxy groups -OCH3 is 1. The highest BCUT2D eigenvalue weighted by atomic mass is 79.9. The SMILES string of the molecule is COc1cc(C2OCCO2)cnc1Br. The van der Waals surface area contributed by atoms with Crippen molar-refractivity contribution in [3.63, 3.8) is 0 Å². The van der Waals surface area contributed by atoms with E-state index in [0.717, 1.165) is 5.56 Å². The lowest BCUT2D eigenvalue weighted by molar-refractivity contribution is -0.0444. The van der Waals surface area contributed by atoms with Gasteiger partial charge in [0.15, 0.2) is 12.0 Å². The van der Waals surface area contributed by atoms with Crippen LogP contribution in [0, 0.1) is 0 Å². The van der Waals surface area contributed by atoms with E-state index in [0.29, 0.717) is 23.6 Å². The number of hydrogen-bond acceptors (Lipinski definition) is 4. The lowest BCUT2D eigenvalue weighted by Crippen LogP contribution is -2.00. The molecule has 0 radical (unpaired) electrons. The number of aromatic nitrogens is 1. The predicted octanol–water partition coefficient (Wildman–Crippen LogP) is 1.90. The van der Waals surface area contributed by atoms with E-state index in [1.807, 2.05) is 6.07 Å². The van der Waals surface area contributed by atoms with Crippen LogP contribution in [0.25, 0.3) is 0 Å². The average molecular weight is 260 g/mol. The fraction of sp³-hybridized carbons (Fsp3) is 0.444. The van der Waals surface area contributed by atoms with Gasteiger partial charge in [0.1, 0.15) is 4.60 Å². The molecule has 2 rings (SSSR count). The molecule has 1 aromatic heterocycles. The molecule has 76 valence electrons. The molecule has 5 heteroatoms. The van der Waals surface area contributed by atoms with E-state index in [1.165, 1.54) is 0 Å². The fourth-order valence-corrected chi connectivity index (χ4v) is 1.64. The highest BCUT2D eigenvalue weighted by molar-refractivity contribution is 9.10. The quantitative estimate of drug-likeness (QED) is 0.761. The molecular formula is C9H10BrNO3. The highest BCUT2D eigenvalue weighted by Gasteiger charge is 2.19. The first-order valence-corrected chi connectivity index (χ1v) is 5.03. The molecule has 14 heavy (non-hydrogen) atoms. The minimum absolute atomic E-state index is 0.301. The molecule has 1 aliphatic heterocycles. The summed E-state index contributed by atoms with van der Waals surface area (Å²) in [5.74, 6) is 0.682. The summed E-state index contributed by atoms with van der Waals surface area (Å²) in [6, 6.07) is 1.85. The van der Waals surface area contributed by atoms with Gasteiger partial charge in [0.2, 0.25) is 0 Å². The highest BCUT2D eigenvalue weighted by Crippen LogP contribution is 2.29. The van der Waals surface area contributed by atoms with Crippen LogP contribution in [0.4, 0.5) is 0 Å². The number of pyridine rings is 1. The molecule has 0 amide bonds. The molecule has 0 bridgehead atoms. The Labute approximate surface area is 90.3 Å². The Hall–Kier alpha value is -0.650. The number of rotatable bonds is 2. The predicted molar refractivity (Wildman–Crippen MR) is 53.1 cm³/mol. The summed E-state index contributed by atoms with van der Waals surface area (Å²) in [5.41, 5.74) is 0.877. The Bertz CT molecular complexity index is 326. The zero-order valence-electron chi connectivity index (χ0n) is 7.70. The van der Waals surface area contributed by atoms with Crippen molar-refractivity contribution in [1.29, 1.82) is 0 Å². The first kappa shape index (κ1) is 9.89. The number of ether oxygens (including phenoxy) is 3. The van der Waals surface area contributed by atoms with Crippen molar-refractivity contribution in [2.24, 2.45) is 0 Å². The molecule has 2 heterocycles. The van der Waals surface area contributed by atoms with Crippen molar-refractivity contribution in [2.75, 3.05) is 20.3 Å². The molecule has 1 saturated heterocycles. The van der Waals surface area contributed by atoms with Crippen LogP contribution in [0.3, 0.4) is 0 Å². The van der Waals surface area contributed by atoms with Gasteiger partial charge in [0.25, 0.3) is 0 Å². The van der Waals surface area contributed by atoms with E-state index in [-0.39, 0.29) is 6.29 Å². The Balaban J connectivity index is 2.25. The normalized spacial score (nSPS) is 17.3. The molecule has 0 aliphatic carbocycles. The fourth-order valence-electron chi connectivity index (χ4n) is 1.27. The Morgan fingerprint density at radius 2 is 2.21 bits per heavy atom. The monoisotopic (exact) mass is 259 g/mol. The van der Waals surface area contributed by atoms with Crippen LogP contribution in [0.5, 0.6) is 5.75 Å². The maximum absolute atomic E-state index is 5.35. The largest absolute Gasteiger partial charge is 0.494 e. The van der Waals surface area contributed by atoms with Gasteiger partial charge >= 0.3 is 0 Å². The molecule has 0 unspecified atom stereocenters. The van der Waals surface area contributed by atoms with Crippen LogP contribution in [-0.4, -0.2) is 25.3 Å². The van der Waals surface area contributed by atoms with E-state index in [9.17, 15) is 0 Å². The lowest BCUT2D eigenvalue weighted by atomic mass is 10.2. The molecule has 0 saturated carbocycles. The van der Waals surface area contributed by atoms with Crippen LogP contribution in [0.2, 0.25) is 0 Å². The maximum Gasteiger partial charge on any atom is 0.185 e. The third kappa shape index (κ3) is 1.89. The summed E-state index contributed by atoms with van der Waals surface area (Å²) >= 11 is 3.28. The second-order valence-corrected chi connectivity index (χ2v) is 3.59. The van der Waals surface area contributed by atoms with Crippen LogP contribution in [0.15, 0.2) is 16.9 Å². The van der Waals surface area contributed by atoms with Gasteiger partial charge in [0.05, 0.1) is 20.3 Å². The third-order valence-electron chi connectivity index (χ3n) is 1.94. The Morgan fingerprint density at radius 1 is 1.50 bits per heavy atom. The van der Waals surface area contributed by atoms with Crippen molar-refractivity contribution in [1.82, 2.24) is 4.98 Å². The van der Waals surface area contributed by atoms with Gasteiger partial charge in [-0.25, -0.2) is 4.98 Å². The van der Waals surface area contributed by atoms with Crippen molar-refractivity contribution in [3.05, 3.63) is 22.4 Å². The number of hydrogen-bond donors (Lipinski definition) is 0. The zero-order chi connectivity index (χ0) is 9.97. The third-order valence-corrected chi connectivity index (χ3v) is 2.54. The summed E-state index contributed by atoms with van der Waals surface area (Å²) < 4.78 is 16.5. The van der Waals surface area contributed by atoms with Crippen LogP contribution in [0.1, 0.15) is 11.9 Å². The van der Waals surface area contributed by atoms with E-state index >= 15 is 0 Å². The minimum Gasteiger partial charge on any atom is -0.494 e. The van der Waals surface area contributed by atoms with Gasteiger partial charge in [-0.1, -0.05) is 0 Å². The molecule has 1 fully saturated rings. The molecule has 0 atom stereocenters. The number of halogens is 1. The standard InChI is InChI=1S/C9H10BrNO3/c1-12-7-4-6(5-11-8(7)10)9-13-2-3-14-9/h4-5,9H,2-3H2,1H3. The zero-order valence-corrected chi connectivity index (χ0v) is 9.28. The van der Waals surface area contributed by atoms with Gasteiger partial charge in [-0.05, 0) is 22.0 Å². The summed E-state index contributed by atoms with van der Waals surface area (Å²) in [5, 5.41) is 0. The molecule has 1 aliphatic rings. The Kier molecular flexibility index (Phi) is 3.00. The summed E-state index contributed by atoms with van der Waals surface area (Å²) in [6.45, 7) is 1.26. The van der Waals surface area contributed by atoms with Gasteiger partial charge in [-0.3, -0.25) is 0 Å². The maximum atomic E-state index is 5.35. The van der Waals surface area contributed by atoms with E-state index < -0.39 is 0 Å². The van der Waals surface area contributed by atoms with Crippen molar-refractivity contribution >= 4 is 15.9 Å². The smallest absolute Gasteiger partial charge is 0.185 e. The van der Waals surface area contributed by atoms with Gasteiger partial charge in [0, 0.05) is 11.8 Å². The van der Waals surface area contributed by atoms with Crippen molar-refractivity contribution in [3.8, 4) is 5.75 Å². The topological polar surface area (TPSA) is 40.6 Å². The molecule has 0 aromatic carbocycles. The van der Waals surface area contributed by atoms with E-state index in [1.54, 1.807) is 13.3 Å². The van der Waals surface area contributed by atoms with Crippen LogP contribution >= 0.6 is 15.9 Å². The number of nitrogens with zero attached hydrogens (tertiary/aromatic N) is 1. The van der Waals surface area contributed by atoms with Crippen LogP contribution in [-0.2, 0) is 9.47 Å². The van der Waals surface area contributed by atoms with Gasteiger partial charge < -0.3 is 14.2 Å². The summed E-state index contributed by atoms with van der Waals surface area (Å²) in [7, 11) is 1.60. The van der Waals surface area contributed by atoms with Gasteiger partial charge in [-0.15, -0.1) is 0 Å². The summed E-state index contributed by atoms with van der Waals surface area (Å²) in [4.78, 5) is 4.13. The molecule has 0 spiro atoms. The van der Waals surface area contributed by atoms with Crippen molar-refractivity contribution < 1.29 is 14.2 Å². The van der Waals surface area contributed by atoms with Gasteiger partial charge in [-0.2, -0.15) is 0 Å². The summed E-state index contributed by atoms with van der Waals surface area (Å²) in [6.07, 6.45) is 1.41. The minimum atomic E-state index is -0.301. The average Bonchev–Trinajstić information content (AvgIpc) is 2.71. The second kappa shape index (κ2) is 4.25. The van der Waals surface area contributed by atoms with Crippen LogP contribution < -0.4 is 4.74 Å². The van der Waals surface area contributed by atoms with E-state index in [4.69, 9.17) is 14.2 Å². The van der Waals surface area contributed by atoms with Crippen molar-refractivity contribution in [2.45, 2.75) is 6.29 Å². The lowest BCUT2D eigenvalue weighted by Gasteiger charge is -2.10. The first-order valence-electron chi connectivity index (χ1n) is 4.24. The molecule has 4 nitrogen and oxygen atoms in total. The molecule has 0 N–H and O–H groups in total. The molecule has 1 aromatic rings. The first-order chi connectivity index (χ1) is 6.81. The Morgan fingerprint density at radius 3 is 2.86 bits per heavy atom. The molecular weight excluding hydrogens is 250 g/mol. The van der Waals surface area contributed by atoms with E-state index in [2.05, 4.69) is 20.9 Å². The second-order valence-electron chi connectivity index (χ2n) is 2.84.